The van der Waals surface area contributed by atoms with E-state index in [0.29, 0.717) is 23.0 Å². The van der Waals surface area contributed by atoms with Crippen LogP contribution in [-0.2, 0) is 11.2 Å². The van der Waals surface area contributed by atoms with Gasteiger partial charge in [-0.1, -0.05) is 23.7 Å². The van der Waals surface area contributed by atoms with Crippen LogP contribution in [0.15, 0.2) is 36.4 Å². The van der Waals surface area contributed by atoms with Gasteiger partial charge in [-0.3, -0.25) is 9.69 Å². The van der Waals surface area contributed by atoms with Crippen LogP contribution in [0.2, 0.25) is 5.02 Å². The van der Waals surface area contributed by atoms with Gasteiger partial charge in [-0.25, -0.2) is 0 Å². The van der Waals surface area contributed by atoms with Crippen LogP contribution in [0.1, 0.15) is 17.5 Å². The fourth-order valence-corrected chi connectivity index (χ4v) is 2.94. The largest absolute Gasteiger partial charge is 0.497 e. The minimum absolute atomic E-state index is 0.0815. The van der Waals surface area contributed by atoms with Crippen LogP contribution >= 0.6 is 11.6 Å². The molecule has 1 N–H and O–H groups in total. The Kier molecular flexibility index (Phi) is 7.95. The van der Waals surface area contributed by atoms with Crippen LogP contribution in [0.25, 0.3) is 0 Å². The molecule has 5 nitrogen and oxygen atoms in total. The molecule has 146 valence electrons. The topological polar surface area (TPSA) is 50.8 Å². The molecule has 2 aromatic rings. The summed E-state index contributed by atoms with van der Waals surface area (Å²) in [5.74, 6) is 1.34. The lowest BCUT2D eigenvalue weighted by Gasteiger charge is -2.17. The lowest BCUT2D eigenvalue weighted by molar-refractivity contribution is -0.117. The van der Waals surface area contributed by atoms with Gasteiger partial charge in [0.2, 0.25) is 5.91 Å². The number of benzene rings is 2. The summed E-state index contributed by atoms with van der Waals surface area (Å²) in [5, 5.41) is 3.51. The van der Waals surface area contributed by atoms with Crippen LogP contribution < -0.4 is 14.8 Å². The third-order valence-corrected chi connectivity index (χ3v) is 4.74. The molecule has 0 aliphatic carbocycles. The highest BCUT2D eigenvalue weighted by molar-refractivity contribution is 6.31. The summed E-state index contributed by atoms with van der Waals surface area (Å²) in [6.45, 7) is 3.03. The highest BCUT2D eigenvalue weighted by Crippen LogP contribution is 2.30. The molecule has 0 unspecified atom stereocenters. The number of amides is 1. The smallest absolute Gasteiger partial charge is 0.238 e. The number of hydrogen-bond donors (Lipinski definition) is 1. The molecule has 0 saturated carbocycles. The van der Waals surface area contributed by atoms with Crippen LogP contribution in [0.5, 0.6) is 11.5 Å². The first-order chi connectivity index (χ1) is 12.9. The molecule has 0 aliphatic heterocycles. The molecule has 0 fully saturated rings. The second-order valence-electron chi connectivity index (χ2n) is 6.54. The van der Waals surface area contributed by atoms with Crippen molar-refractivity contribution in [1.29, 1.82) is 0 Å². The van der Waals surface area contributed by atoms with Crippen LogP contribution in [-0.4, -0.2) is 45.2 Å². The Morgan fingerprint density at radius 2 is 1.85 bits per heavy atom. The van der Waals surface area contributed by atoms with Gasteiger partial charge < -0.3 is 14.8 Å². The Hall–Kier alpha value is -2.24. The number of carbonyl (C=O) groups is 1. The molecule has 0 saturated heterocycles. The van der Waals surface area contributed by atoms with E-state index in [1.165, 1.54) is 5.56 Å². The zero-order valence-corrected chi connectivity index (χ0v) is 17.1. The summed E-state index contributed by atoms with van der Waals surface area (Å²) in [4.78, 5) is 14.3. The van der Waals surface area contributed by atoms with Gasteiger partial charge in [0, 0.05) is 11.1 Å². The number of likely N-dealkylation sites (N-methyl/N-ethyl adjacent to an activating group) is 1. The normalized spacial score (nSPS) is 10.7. The first kappa shape index (κ1) is 21.1. The van der Waals surface area contributed by atoms with Gasteiger partial charge in [0.15, 0.2) is 0 Å². The highest BCUT2D eigenvalue weighted by Gasteiger charge is 2.12. The van der Waals surface area contributed by atoms with Gasteiger partial charge in [-0.15, -0.1) is 0 Å². The maximum atomic E-state index is 12.3. The zero-order valence-electron chi connectivity index (χ0n) is 16.3. The molecule has 6 heteroatoms. The number of halogens is 1. The molecule has 2 rings (SSSR count). The molecule has 0 aliphatic rings. The molecular weight excluding hydrogens is 364 g/mol. The first-order valence-electron chi connectivity index (χ1n) is 8.88. The van der Waals surface area contributed by atoms with Gasteiger partial charge in [0.1, 0.15) is 11.5 Å². The third kappa shape index (κ3) is 6.45. The monoisotopic (exact) mass is 390 g/mol. The molecular formula is C21H27ClN2O3. The van der Waals surface area contributed by atoms with E-state index in [9.17, 15) is 4.79 Å². The molecule has 0 radical (unpaired) electrons. The fraction of sp³-hybridized carbons (Fsp3) is 0.381. The van der Waals surface area contributed by atoms with E-state index in [0.717, 1.165) is 30.7 Å². The number of nitrogens with one attached hydrogen (secondary N) is 1. The average Bonchev–Trinajstić information content (AvgIpc) is 2.65. The van der Waals surface area contributed by atoms with Gasteiger partial charge >= 0.3 is 0 Å². The number of carbonyl (C=O) groups excluding carboxylic acids is 1. The second-order valence-corrected chi connectivity index (χ2v) is 6.95. The van der Waals surface area contributed by atoms with E-state index in [2.05, 4.69) is 17.4 Å². The number of hydrogen-bond acceptors (Lipinski definition) is 4. The number of anilines is 1. The van der Waals surface area contributed by atoms with Crippen molar-refractivity contribution < 1.29 is 14.3 Å². The summed E-state index contributed by atoms with van der Waals surface area (Å²) in [7, 11) is 5.16. The van der Waals surface area contributed by atoms with Crippen molar-refractivity contribution in [2.24, 2.45) is 0 Å². The molecule has 27 heavy (non-hydrogen) atoms. The molecule has 0 bridgehead atoms. The van der Waals surface area contributed by atoms with Gasteiger partial charge in [-0.05, 0) is 62.7 Å². The van der Waals surface area contributed by atoms with Crippen molar-refractivity contribution in [3.8, 4) is 11.5 Å². The van der Waals surface area contributed by atoms with E-state index in [1.807, 2.05) is 37.1 Å². The minimum atomic E-state index is -0.0815. The number of methoxy groups -OCH3 is 2. The van der Waals surface area contributed by atoms with Crippen LogP contribution in [0.3, 0.4) is 0 Å². The van der Waals surface area contributed by atoms with E-state index >= 15 is 0 Å². The fourth-order valence-electron chi connectivity index (χ4n) is 2.79. The number of ether oxygens (including phenoxy) is 2. The predicted octanol–water partition coefficient (Wildman–Crippen LogP) is 4.17. The van der Waals surface area contributed by atoms with Crippen LogP contribution in [0, 0.1) is 6.92 Å². The third-order valence-electron chi connectivity index (χ3n) is 4.33. The average molecular weight is 391 g/mol. The summed E-state index contributed by atoms with van der Waals surface area (Å²) < 4.78 is 10.5. The van der Waals surface area contributed by atoms with Crippen molar-refractivity contribution in [2.45, 2.75) is 19.8 Å². The Bertz CT molecular complexity index is 763. The maximum absolute atomic E-state index is 12.3. The van der Waals surface area contributed by atoms with E-state index < -0.39 is 0 Å². The Morgan fingerprint density at radius 3 is 2.48 bits per heavy atom. The maximum Gasteiger partial charge on any atom is 0.238 e. The Labute approximate surface area is 166 Å². The Morgan fingerprint density at radius 1 is 1.15 bits per heavy atom. The zero-order chi connectivity index (χ0) is 19.8. The van der Waals surface area contributed by atoms with E-state index in [-0.39, 0.29) is 5.91 Å². The molecule has 0 spiro atoms. The minimum Gasteiger partial charge on any atom is -0.497 e. The van der Waals surface area contributed by atoms with Crippen molar-refractivity contribution in [1.82, 2.24) is 4.90 Å². The van der Waals surface area contributed by atoms with Gasteiger partial charge in [0.05, 0.1) is 26.5 Å². The quantitative estimate of drug-likeness (QED) is 0.698. The summed E-state index contributed by atoms with van der Waals surface area (Å²) >= 11 is 6.10. The lowest BCUT2D eigenvalue weighted by atomic mass is 10.1. The molecule has 0 aromatic heterocycles. The summed E-state index contributed by atoms with van der Waals surface area (Å²) in [6.07, 6.45) is 1.93. The summed E-state index contributed by atoms with van der Waals surface area (Å²) in [6, 6.07) is 11.6. The molecule has 1 amide bonds. The highest BCUT2D eigenvalue weighted by atomic mass is 35.5. The second kappa shape index (κ2) is 10.2. The lowest BCUT2D eigenvalue weighted by Crippen LogP contribution is -2.31. The first-order valence-corrected chi connectivity index (χ1v) is 9.26. The number of rotatable bonds is 9. The van der Waals surface area contributed by atoms with Crippen molar-refractivity contribution in [3.05, 3.63) is 52.5 Å². The molecule has 2 aromatic carbocycles. The van der Waals surface area contributed by atoms with Crippen molar-refractivity contribution in [2.75, 3.05) is 39.7 Å². The predicted molar refractivity (Wildman–Crippen MR) is 110 cm³/mol. The number of nitrogens with zero attached hydrogens (tertiary/aromatic N) is 1. The molecule has 0 atom stereocenters. The van der Waals surface area contributed by atoms with Gasteiger partial charge in [0.25, 0.3) is 0 Å². The standard InChI is InChI=1S/C21H27ClN2O3/c1-15-12-19(20(27-4)13-18(15)22)23-21(25)14-24(2)11-5-6-16-7-9-17(26-3)10-8-16/h7-10,12-13H,5-6,11,14H2,1-4H3,(H,23,25). The van der Waals surface area contributed by atoms with E-state index in [1.54, 1.807) is 20.3 Å². The molecule has 0 heterocycles. The SMILES string of the molecule is COc1ccc(CCCN(C)CC(=O)Nc2cc(C)c(Cl)cc2OC)cc1. The Balaban J connectivity index is 1.80. The number of aryl methyl sites for hydroxylation is 2. The van der Waals surface area contributed by atoms with Gasteiger partial charge in [-0.2, -0.15) is 0 Å². The summed E-state index contributed by atoms with van der Waals surface area (Å²) in [5.41, 5.74) is 2.78. The van der Waals surface area contributed by atoms with E-state index in [4.69, 9.17) is 21.1 Å². The van der Waals surface area contributed by atoms with Crippen molar-refractivity contribution >= 4 is 23.2 Å². The van der Waals surface area contributed by atoms with Crippen LogP contribution in [0.4, 0.5) is 5.69 Å². The van der Waals surface area contributed by atoms with Crippen molar-refractivity contribution in [3.63, 3.8) is 0 Å².